The van der Waals surface area contributed by atoms with E-state index in [1.54, 1.807) is 24.3 Å². The molecule has 12 nitrogen and oxygen atoms in total. The van der Waals surface area contributed by atoms with Gasteiger partial charge in [0.15, 0.2) is 5.75 Å². The number of esters is 1. The Hall–Kier alpha value is -4.65. The number of hydrogen-bond acceptors (Lipinski definition) is 8. The second-order valence-corrected chi connectivity index (χ2v) is 11.2. The van der Waals surface area contributed by atoms with Gasteiger partial charge in [-0.1, -0.05) is 65.7 Å². The van der Waals surface area contributed by atoms with Gasteiger partial charge in [0, 0.05) is 12.5 Å². The summed E-state index contributed by atoms with van der Waals surface area (Å²) >= 11 is 12.0. The summed E-state index contributed by atoms with van der Waals surface area (Å²) in [6.45, 7) is 0.715. The Kier molecular flexibility index (Phi) is 9.57. The minimum Gasteiger partial charge on any atom is -0.505 e. The summed E-state index contributed by atoms with van der Waals surface area (Å²) in [6, 6.07) is 16.8. The van der Waals surface area contributed by atoms with Crippen LogP contribution in [0.1, 0.15) is 29.3 Å². The van der Waals surface area contributed by atoms with Crippen LogP contribution in [-0.4, -0.2) is 66.2 Å². The van der Waals surface area contributed by atoms with Crippen molar-refractivity contribution < 1.29 is 38.6 Å². The van der Waals surface area contributed by atoms with Crippen LogP contribution in [0, 0.1) is 0 Å². The van der Waals surface area contributed by atoms with Crippen LogP contribution in [0.4, 0.5) is 11.4 Å². The summed E-state index contributed by atoms with van der Waals surface area (Å²) in [4.78, 5) is 67.8. The molecule has 14 heteroatoms. The lowest BCUT2D eigenvalue weighted by atomic mass is 10.1. The number of fused-ring (bicyclic) bond motifs is 1. The van der Waals surface area contributed by atoms with Gasteiger partial charge in [0.1, 0.15) is 18.7 Å². The van der Waals surface area contributed by atoms with E-state index >= 15 is 0 Å². The van der Waals surface area contributed by atoms with E-state index in [0.717, 1.165) is 10.5 Å². The molecule has 0 bridgehead atoms. The second kappa shape index (κ2) is 13.6. The summed E-state index contributed by atoms with van der Waals surface area (Å²) < 4.78 is 11.2. The first-order valence-corrected chi connectivity index (χ1v) is 14.6. The number of nitrogens with zero attached hydrogens (tertiary/aromatic N) is 2. The van der Waals surface area contributed by atoms with Crippen LogP contribution >= 0.6 is 23.2 Å². The van der Waals surface area contributed by atoms with E-state index in [2.05, 4.69) is 10.6 Å². The maximum absolute atomic E-state index is 14.0. The highest BCUT2D eigenvalue weighted by atomic mass is 35.5. The molecule has 1 saturated heterocycles. The number of para-hydroxylation sites is 2. The number of cyclic esters (lactones) is 1. The van der Waals surface area contributed by atoms with Gasteiger partial charge in [0.25, 0.3) is 11.8 Å². The molecule has 0 spiro atoms. The number of phenolic OH excluding ortho intramolecular Hbond substituents is 1. The monoisotopic (exact) mass is 654 g/mol. The highest BCUT2D eigenvalue weighted by Gasteiger charge is 2.40. The summed E-state index contributed by atoms with van der Waals surface area (Å²) in [5.74, 6) is -3.49. The first kappa shape index (κ1) is 31.8. The lowest BCUT2D eigenvalue weighted by Crippen LogP contribution is -2.55. The van der Waals surface area contributed by atoms with Gasteiger partial charge < -0.3 is 30.1 Å². The summed E-state index contributed by atoms with van der Waals surface area (Å²) in [7, 11) is 0. The van der Waals surface area contributed by atoms with Gasteiger partial charge in [-0.25, -0.2) is 0 Å². The van der Waals surface area contributed by atoms with Gasteiger partial charge in [-0.2, -0.15) is 0 Å². The Morgan fingerprint density at radius 2 is 1.62 bits per heavy atom. The third-order valence-electron chi connectivity index (χ3n) is 7.23. The van der Waals surface area contributed by atoms with Gasteiger partial charge in [0.2, 0.25) is 18.0 Å². The van der Waals surface area contributed by atoms with Crippen molar-refractivity contribution in [2.45, 2.75) is 38.3 Å². The summed E-state index contributed by atoms with van der Waals surface area (Å²) in [6.07, 6.45) is -1.94. The minimum absolute atomic E-state index is 0.0411. The van der Waals surface area contributed by atoms with E-state index < -0.39 is 60.3 Å². The molecular formula is C31H28Cl2N4O8. The van der Waals surface area contributed by atoms with E-state index in [4.69, 9.17) is 32.7 Å². The van der Waals surface area contributed by atoms with Gasteiger partial charge in [0.05, 0.1) is 41.0 Å². The van der Waals surface area contributed by atoms with Gasteiger partial charge in [-0.3, -0.25) is 28.9 Å². The molecule has 1 fully saturated rings. The Morgan fingerprint density at radius 1 is 0.978 bits per heavy atom. The largest absolute Gasteiger partial charge is 0.505 e. The average molecular weight is 655 g/mol. The minimum atomic E-state index is -1.31. The number of anilines is 2. The first-order valence-electron chi connectivity index (χ1n) is 13.8. The van der Waals surface area contributed by atoms with Crippen molar-refractivity contribution in [3.8, 4) is 5.75 Å². The fourth-order valence-electron chi connectivity index (χ4n) is 5.02. The van der Waals surface area contributed by atoms with E-state index in [1.165, 1.54) is 24.0 Å². The molecule has 3 N–H and O–H groups in total. The van der Waals surface area contributed by atoms with E-state index in [1.807, 2.05) is 30.3 Å². The van der Waals surface area contributed by atoms with Crippen molar-refractivity contribution >= 4 is 64.2 Å². The van der Waals surface area contributed by atoms with Crippen molar-refractivity contribution in [1.29, 1.82) is 0 Å². The fraction of sp³-hybridized carbons (Fsp3) is 0.258. The average Bonchev–Trinajstić information content (AvgIpc) is 3.32. The number of phenols is 1. The van der Waals surface area contributed by atoms with Crippen molar-refractivity contribution in [2.24, 2.45) is 0 Å². The molecular weight excluding hydrogens is 627 g/mol. The number of hydrogen-bond donors (Lipinski definition) is 3. The zero-order valence-electron chi connectivity index (χ0n) is 23.9. The molecule has 0 aromatic heterocycles. The van der Waals surface area contributed by atoms with E-state index in [9.17, 15) is 29.1 Å². The standard InChI is InChI=1S/C31H28Cl2N4O8/c1-17(38)36-14-22(34-29(42)19-11-20(32)28(41)21(33)12-19)31(43)37(24-10-6-5-9-23(24)36)15-26(39)35-30-25(13-27(40)45-30)44-16-18-7-3-2-4-8-18/h2-12,22,25,30,41H,13-16H2,1H3,(H,34,42)(H,35,39)/t22-,25-,30?/m0/s1. The Morgan fingerprint density at radius 3 is 2.29 bits per heavy atom. The van der Waals surface area contributed by atoms with Gasteiger partial charge in [-0.05, 0) is 29.8 Å². The molecule has 0 radical (unpaired) electrons. The lowest BCUT2D eigenvalue weighted by Gasteiger charge is -2.26. The Labute approximate surface area is 267 Å². The van der Waals surface area contributed by atoms with Gasteiger partial charge >= 0.3 is 5.97 Å². The maximum Gasteiger partial charge on any atom is 0.310 e. The van der Waals surface area contributed by atoms with Crippen LogP contribution in [0.2, 0.25) is 10.0 Å². The SMILES string of the molecule is CC(=O)N1C[C@H](NC(=O)c2cc(Cl)c(O)c(Cl)c2)C(=O)N(CC(=O)NC2OC(=O)C[C@@H]2OCc2ccccc2)c2ccccc21. The molecule has 2 heterocycles. The smallest absolute Gasteiger partial charge is 0.310 e. The lowest BCUT2D eigenvalue weighted by molar-refractivity contribution is -0.145. The van der Waals surface area contributed by atoms with E-state index in [-0.39, 0.29) is 40.9 Å². The number of carbonyl (C=O) groups is 5. The second-order valence-electron chi connectivity index (χ2n) is 10.4. The topological polar surface area (TPSA) is 155 Å². The van der Waals surface area contributed by atoms with Crippen molar-refractivity contribution in [3.05, 3.63) is 87.9 Å². The predicted molar refractivity (Wildman–Crippen MR) is 164 cm³/mol. The predicted octanol–water partition coefficient (Wildman–Crippen LogP) is 3.17. The summed E-state index contributed by atoms with van der Waals surface area (Å²) in [5.41, 5.74) is 1.42. The number of rotatable bonds is 8. The number of aromatic hydroxyl groups is 1. The fourth-order valence-corrected chi connectivity index (χ4v) is 5.51. The first-order chi connectivity index (χ1) is 21.5. The molecule has 2 aliphatic rings. The van der Waals surface area contributed by atoms with Crippen LogP contribution in [0.15, 0.2) is 66.7 Å². The molecule has 3 atom stereocenters. The third-order valence-corrected chi connectivity index (χ3v) is 7.81. The number of benzene rings is 3. The molecule has 3 aromatic carbocycles. The summed E-state index contributed by atoms with van der Waals surface area (Å²) in [5, 5.41) is 14.7. The molecule has 4 amide bonds. The Balaban J connectivity index is 1.37. The van der Waals surface area contributed by atoms with E-state index in [0.29, 0.717) is 5.69 Å². The van der Waals surface area contributed by atoms with Crippen molar-refractivity contribution in [3.63, 3.8) is 0 Å². The van der Waals surface area contributed by atoms with Crippen LogP contribution in [0.25, 0.3) is 0 Å². The van der Waals surface area contributed by atoms with Crippen LogP contribution in [0.5, 0.6) is 5.75 Å². The number of amides is 4. The van der Waals surface area contributed by atoms with Crippen LogP contribution in [0.3, 0.4) is 0 Å². The number of carbonyl (C=O) groups excluding carboxylic acids is 5. The maximum atomic E-state index is 14.0. The molecule has 2 aliphatic heterocycles. The van der Waals surface area contributed by atoms with Crippen LogP contribution in [-0.2, 0) is 35.3 Å². The number of ether oxygens (including phenoxy) is 2. The molecule has 45 heavy (non-hydrogen) atoms. The third kappa shape index (κ3) is 7.19. The molecule has 234 valence electrons. The number of nitrogens with one attached hydrogen (secondary N) is 2. The highest BCUT2D eigenvalue weighted by Crippen LogP contribution is 2.34. The number of halogens is 2. The highest BCUT2D eigenvalue weighted by molar-refractivity contribution is 6.37. The van der Waals surface area contributed by atoms with Crippen molar-refractivity contribution in [1.82, 2.24) is 10.6 Å². The molecule has 5 rings (SSSR count). The molecule has 1 unspecified atom stereocenters. The van der Waals surface area contributed by atoms with Crippen LogP contribution < -0.4 is 20.4 Å². The van der Waals surface area contributed by atoms with Crippen molar-refractivity contribution in [2.75, 3.05) is 22.9 Å². The molecule has 0 aliphatic carbocycles. The normalized spacial score (nSPS) is 19.4. The zero-order chi connectivity index (χ0) is 32.2. The Bertz CT molecular complexity index is 1630. The van der Waals surface area contributed by atoms with Gasteiger partial charge in [-0.15, -0.1) is 0 Å². The molecule has 3 aromatic rings. The molecule has 0 saturated carbocycles. The zero-order valence-corrected chi connectivity index (χ0v) is 25.4. The quantitative estimate of drug-likeness (QED) is 0.313.